The number of esters is 1. The molecule has 0 heterocycles. The van der Waals surface area contributed by atoms with E-state index in [0.717, 1.165) is 13.8 Å². The van der Waals surface area contributed by atoms with E-state index in [1.165, 1.54) is 6.92 Å². The van der Waals surface area contributed by atoms with E-state index in [1.807, 2.05) is 0 Å². The van der Waals surface area contributed by atoms with Gasteiger partial charge in [-0.25, -0.2) is 18.0 Å². The first-order valence-corrected chi connectivity index (χ1v) is 4.98. The third-order valence-electron chi connectivity index (χ3n) is 2.25. The standard InChI is InChI=1S/C11H17F3O3/c1-7(2)8(15)17-10(3,4)9(14)11(16,5-12)6-13/h9,16H,1,5-6H2,2-4H3. The maximum Gasteiger partial charge on any atom is 0.333 e. The summed E-state index contributed by atoms with van der Waals surface area (Å²) < 4.78 is 43.4. The molecule has 1 unspecified atom stereocenters. The normalized spacial score (nSPS) is 14.3. The van der Waals surface area contributed by atoms with Crippen LogP contribution in [0.5, 0.6) is 0 Å². The second kappa shape index (κ2) is 5.53. The summed E-state index contributed by atoms with van der Waals surface area (Å²) in [5.74, 6) is -0.891. The first kappa shape index (κ1) is 16.0. The van der Waals surface area contributed by atoms with E-state index < -0.39 is 36.7 Å². The van der Waals surface area contributed by atoms with Gasteiger partial charge in [0.15, 0.2) is 11.8 Å². The van der Waals surface area contributed by atoms with E-state index in [-0.39, 0.29) is 5.57 Å². The van der Waals surface area contributed by atoms with Crippen LogP contribution in [0.4, 0.5) is 13.2 Å². The van der Waals surface area contributed by atoms with Crippen molar-refractivity contribution in [2.24, 2.45) is 0 Å². The van der Waals surface area contributed by atoms with Crippen molar-refractivity contribution in [3.8, 4) is 0 Å². The third-order valence-corrected chi connectivity index (χ3v) is 2.25. The van der Waals surface area contributed by atoms with Crippen molar-refractivity contribution in [2.45, 2.75) is 38.1 Å². The zero-order chi connectivity index (χ0) is 13.9. The predicted octanol–water partition coefficient (Wildman–Crippen LogP) is 1.89. The molecule has 6 heteroatoms. The van der Waals surface area contributed by atoms with Crippen LogP contribution < -0.4 is 0 Å². The van der Waals surface area contributed by atoms with Gasteiger partial charge in [0.1, 0.15) is 19.0 Å². The van der Waals surface area contributed by atoms with Crippen molar-refractivity contribution in [3.05, 3.63) is 12.2 Å². The van der Waals surface area contributed by atoms with Gasteiger partial charge in [0.2, 0.25) is 0 Å². The predicted molar refractivity (Wildman–Crippen MR) is 56.8 cm³/mol. The van der Waals surface area contributed by atoms with Gasteiger partial charge in [0, 0.05) is 5.57 Å². The number of carbonyl (C=O) groups is 1. The molecular formula is C11H17F3O3. The molecule has 0 spiro atoms. The lowest BCUT2D eigenvalue weighted by atomic mass is 9.88. The lowest BCUT2D eigenvalue weighted by Crippen LogP contribution is -2.56. The summed E-state index contributed by atoms with van der Waals surface area (Å²) >= 11 is 0. The quantitative estimate of drug-likeness (QED) is 0.581. The van der Waals surface area contributed by atoms with E-state index >= 15 is 0 Å². The second-order valence-corrected chi connectivity index (χ2v) is 4.51. The number of rotatable bonds is 6. The highest BCUT2D eigenvalue weighted by Gasteiger charge is 2.49. The Kier molecular flexibility index (Phi) is 5.19. The fourth-order valence-corrected chi connectivity index (χ4v) is 1.20. The van der Waals surface area contributed by atoms with Crippen LogP contribution in [0.15, 0.2) is 12.2 Å². The molecule has 1 atom stereocenters. The molecule has 0 aliphatic heterocycles. The molecule has 0 saturated carbocycles. The minimum atomic E-state index is -2.81. The minimum Gasteiger partial charge on any atom is -0.453 e. The number of carbonyl (C=O) groups excluding carboxylic acids is 1. The van der Waals surface area contributed by atoms with Crippen molar-refractivity contribution in [2.75, 3.05) is 13.3 Å². The Morgan fingerprint density at radius 1 is 1.41 bits per heavy atom. The SMILES string of the molecule is C=C(C)C(=O)OC(C)(C)C(F)C(O)(CF)CF. The lowest BCUT2D eigenvalue weighted by Gasteiger charge is -2.36. The Bertz CT molecular complexity index is 298. The zero-order valence-corrected chi connectivity index (χ0v) is 10.1. The summed E-state index contributed by atoms with van der Waals surface area (Å²) in [6.07, 6.45) is -2.40. The summed E-state index contributed by atoms with van der Waals surface area (Å²) in [7, 11) is 0. The molecule has 1 N–H and O–H groups in total. The second-order valence-electron chi connectivity index (χ2n) is 4.51. The molecule has 0 aromatic carbocycles. The van der Waals surface area contributed by atoms with Gasteiger partial charge >= 0.3 is 5.97 Å². The molecule has 17 heavy (non-hydrogen) atoms. The van der Waals surface area contributed by atoms with Crippen molar-refractivity contribution >= 4 is 5.97 Å². The first-order chi connectivity index (χ1) is 7.60. The molecule has 0 rings (SSSR count). The van der Waals surface area contributed by atoms with Crippen LogP contribution >= 0.6 is 0 Å². The van der Waals surface area contributed by atoms with Crippen LogP contribution in [0.25, 0.3) is 0 Å². The number of hydrogen-bond acceptors (Lipinski definition) is 3. The van der Waals surface area contributed by atoms with E-state index in [9.17, 15) is 23.1 Å². The topological polar surface area (TPSA) is 46.5 Å². The average molecular weight is 254 g/mol. The summed E-state index contributed by atoms with van der Waals surface area (Å²) in [5, 5.41) is 9.35. The lowest BCUT2D eigenvalue weighted by molar-refractivity contribution is -0.178. The van der Waals surface area contributed by atoms with Gasteiger partial charge in [-0.05, 0) is 20.8 Å². The molecule has 0 bridgehead atoms. The van der Waals surface area contributed by atoms with Gasteiger partial charge in [-0.1, -0.05) is 6.58 Å². The minimum absolute atomic E-state index is 0.0225. The molecule has 0 aromatic rings. The summed E-state index contributed by atoms with van der Waals surface area (Å²) in [6.45, 7) is 3.66. The van der Waals surface area contributed by atoms with Gasteiger partial charge in [-0.15, -0.1) is 0 Å². The Morgan fingerprint density at radius 3 is 2.12 bits per heavy atom. The van der Waals surface area contributed by atoms with Crippen LogP contribution in [0.1, 0.15) is 20.8 Å². The average Bonchev–Trinajstić information content (AvgIpc) is 2.26. The Morgan fingerprint density at radius 2 is 1.82 bits per heavy atom. The van der Waals surface area contributed by atoms with Crippen molar-refractivity contribution in [3.63, 3.8) is 0 Å². The van der Waals surface area contributed by atoms with E-state index in [4.69, 9.17) is 4.74 Å². The molecule has 3 nitrogen and oxygen atoms in total. The highest BCUT2D eigenvalue weighted by atomic mass is 19.2. The molecule has 0 aromatic heterocycles. The number of ether oxygens (including phenoxy) is 1. The van der Waals surface area contributed by atoms with Gasteiger partial charge in [-0.3, -0.25) is 0 Å². The largest absolute Gasteiger partial charge is 0.453 e. The zero-order valence-electron chi connectivity index (χ0n) is 10.1. The fourth-order valence-electron chi connectivity index (χ4n) is 1.20. The van der Waals surface area contributed by atoms with Crippen LogP contribution in [-0.4, -0.2) is 41.8 Å². The Hall–Kier alpha value is -1.04. The Labute approximate surface area is 98.3 Å². The monoisotopic (exact) mass is 254 g/mol. The molecule has 0 amide bonds. The van der Waals surface area contributed by atoms with Gasteiger partial charge < -0.3 is 9.84 Å². The van der Waals surface area contributed by atoms with Crippen molar-refractivity contribution in [1.82, 2.24) is 0 Å². The first-order valence-electron chi connectivity index (χ1n) is 4.98. The van der Waals surface area contributed by atoms with E-state index in [1.54, 1.807) is 0 Å². The molecular weight excluding hydrogens is 237 g/mol. The molecule has 0 radical (unpaired) electrons. The molecule has 0 aliphatic rings. The molecule has 0 fully saturated rings. The molecule has 100 valence electrons. The van der Waals surface area contributed by atoms with Crippen LogP contribution in [0.2, 0.25) is 0 Å². The molecule has 0 aliphatic carbocycles. The van der Waals surface area contributed by atoms with E-state index in [2.05, 4.69) is 6.58 Å². The van der Waals surface area contributed by atoms with Crippen molar-refractivity contribution in [1.29, 1.82) is 0 Å². The molecule has 0 saturated heterocycles. The van der Waals surface area contributed by atoms with Crippen LogP contribution in [0, 0.1) is 0 Å². The smallest absolute Gasteiger partial charge is 0.333 e. The number of aliphatic hydroxyl groups is 1. The van der Waals surface area contributed by atoms with Crippen molar-refractivity contribution < 1.29 is 27.8 Å². The summed E-state index contributed by atoms with van der Waals surface area (Å²) in [5.41, 5.74) is -4.64. The highest BCUT2D eigenvalue weighted by Crippen LogP contribution is 2.29. The summed E-state index contributed by atoms with van der Waals surface area (Å²) in [4.78, 5) is 11.2. The maximum absolute atomic E-state index is 13.8. The number of halogens is 3. The van der Waals surface area contributed by atoms with Crippen LogP contribution in [-0.2, 0) is 9.53 Å². The number of hydrogen-bond donors (Lipinski definition) is 1. The fraction of sp³-hybridized carbons (Fsp3) is 0.727. The van der Waals surface area contributed by atoms with Gasteiger partial charge in [-0.2, -0.15) is 0 Å². The summed E-state index contributed by atoms with van der Waals surface area (Å²) in [6, 6.07) is 0. The Balaban J connectivity index is 4.92. The van der Waals surface area contributed by atoms with Gasteiger partial charge in [0.05, 0.1) is 0 Å². The maximum atomic E-state index is 13.8. The highest BCUT2D eigenvalue weighted by molar-refractivity contribution is 5.87. The number of alkyl halides is 3. The van der Waals surface area contributed by atoms with Crippen LogP contribution in [0.3, 0.4) is 0 Å². The van der Waals surface area contributed by atoms with Gasteiger partial charge in [0.25, 0.3) is 0 Å². The third kappa shape index (κ3) is 3.73. The van der Waals surface area contributed by atoms with E-state index in [0.29, 0.717) is 0 Å².